The zero-order chi connectivity index (χ0) is 11.8. The summed E-state index contributed by atoms with van der Waals surface area (Å²) in [6.45, 7) is 2.05. The lowest BCUT2D eigenvalue weighted by Gasteiger charge is -2.25. The van der Waals surface area contributed by atoms with Gasteiger partial charge < -0.3 is 9.32 Å². The third-order valence-electron chi connectivity index (χ3n) is 3.25. The van der Waals surface area contributed by atoms with E-state index in [0.717, 1.165) is 25.2 Å². The predicted molar refractivity (Wildman–Crippen MR) is 64.3 cm³/mol. The molecule has 0 aliphatic carbocycles. The molecule has 0 radical (unpaired) electrons. The predicted octanol–water partition coefficient (Wildman–Crippen LogP) is 1.42. The van der Waals surface area contributed by atoms with E-state index in [-0.39, 0.29) is 5.76 Å². The van der Waals surface area contributed by atoms with Crippen LogP contribution in [-0.4, -0.2) is 23.1 Å². The van der Waals surface area contributed by atoms with Gasteiger partial charge in [0.25, 0.3) is 0 Å². The fraction of sp³-hybridized carbons (Fsp3) is 0.308. The Morgan fingerprint density at radius 3 is 2.94 bits per heavy atom. The fourth-order valence-electron chi connectivity index (χ4n) is 2.29. The summed E-state index contributed by atoms with van der Waals surface area (Å²) in [5.74, 6) is -0.335. The highest BCUT2D eigenvalue weighted by Crippen LogP contribution is 2.20. The second-order valence-corrected chi connectivity index (χ2v) is 4.48. The quantitative estimate of drug-likeness (QED) is 0.743. The summed E-state index contributed by atoms with van der Waals surface area (Å²) < 4.78 is 6.31. The van der Waals surface area contributed by atoms with Crippen molar-refractivity contribution in [3.63, 3.8) is 0 Å². The summed E-state index contributed by atoms with van der Waals surface area (Å²) in [5, 5.41) is 0. The average Bonchev–Trinajstić information content (AvgIpc) is 2.75. The monoisotopic (exact) mass is 230 g/mol. The molecule has 0 N–H and O–H groups in total. The van der Waals surface area contributed by atoms with Crippen LogP contribution in [0.15, 0.2) is 39.9 Å². The van der Waals surface area contributed by atoms with Gasteiger partial charge in [0.15, 0.2) is 0 Å². The molecule has 1 aliphatic heterocycles. The first-order valence-corrected chi connectivity index (χ1v) is 5.71. The van der Waals surface area contributed by atoms with Gasteiger partial charge in [-0.2, -0.15) is 0 Å². The lowest BCUT2D eigenvalue weighted by atomic mass is 9.99. The van der Waals surface area contributed by atoms with Gasteiger partial charge in [0, 0.05) is 13.1 Å². The van der Waals surface area contributed by atoms with E-state index in [1.54, 1.807) is 6.20 Å². The van der Waals surface area contributed by atoms with Gasteiger partial charge in [-0.25, -0.2) is 9.36 Å². The number of likely N-dealkylation sites (N-methyl/N-ethyl adjacent to an activating group) is 1. The van der Waals surface area contributed by atoms with E-state index in [0.29, 0.717) is 0 Å². The molecular formula is C13H14N2O2. The van der Waals surface area contributed by atoms with Crippen LogP contribution in [0.1, 0.15) is 11.1 Å². The van der Waals surface area contributed by atoms with Crippen molar-refractivity contribution in [2.45, 2.75) is 13.0 Å². The highest BCUT2D eigenvalue weighted by molar-refractivity contribution is 5.41. The second kappa shape index (κ2) is 3.89. The SMILES string of the molecule is CN1CCc2cc(-n3ccoc3=O)ccc2C1. The number of oxazole rings is 1. The van der Waals surface area contributed by atoms with Crippen LogP contribution in [0.5, 0.6) is 0 Å². The molecule has 0 fully saturated rings. The Morgan fingerprint density at radius 2 is 2.18 bits per heavy atom. The smallest absolute Gasteiger partial charge is 0.416 e. The molecule has 0 atom stereocenters. The average molecular weight is 230 g/mol. The minimum absolute atomic E-state index is 0.335. The molecule has 0 unspecified atom stereocenters. The summed E-state index contributed by atoms with van der Waals surface area (Å²) in [6, 6.07) is 6.15. The molecule has 0 amide bonds. The van der Waals surface area contributed by atoms with E-state index >= 15 is 0 Å². The van der Waals surface area contributed by atoms with Gasteiger partial charge in [-0.05, 0) is 36.7 Å². The second-order valence-electron chi connectivity index (χ2n) is 4.48. The minimum Gasteiger partial charge on any atom is -0.416 e. The van der Waals surface area contributed by atoms with Gasteiger partial charge in [0.2, 0.25) is 0 Å². The number of benzene rings is 1. The first-order valence-electron chi connectivity index (χ1n) is 5.71. The highest BCUT2D eigenvalue weighted by atomic mass is 16.4. The molecule has 0 saturated heterocycles. The molecule has 0 bridgehead atoms. The zero-order valence-electron chi connectivity index (χ0n) is 9.72. The number of hydrogen-bond donors (Lipinski definition) is 0. The van der Waals surface area contributed by atoms with Gasteiger partial charge in [-0.3, -0.25) is 0 Å². The maximum Gasteiger partial charge on any atom is 0.423 e. The van der Waals surface area contributed by atoms with Crippen molar-refractivity contribution < 1.29 is 4.42 Å². The Kier molecular flexibility index (Phi) is 2.37. The molecule has 3 rings (SSSR count). The Hall–Kier alpha value is -1.81. The third-order valence-corrected chi connectivity index (χ3v) is 3.25. The van der Waals surface area contributed by atoms with Crippen LogP contribution in [-0.2, 0) is 13.0 Å². The van der Waals surface area contributed by atoms with Crippen molar-refractivity contribution in [1.82, 2.24) is 9.47 Å². The van der Waals surface area contributed by atoms with Gasteiger partial charge in [0.05, 0.1) is 11.9 Å². The van der Waals surface area contributed by atoms with Gasteiger partial charge in [-0.15, -0.1) is 0 Å². The van der Waals surface area contributed by atoms with Crippen molar-refractivity contribution in [2.24, 2.45) is 0 Å². The summed E-state index contributed by atoms with van der Waals surface area (Å²) in [5.41, 5.74) is 3.56. The number of nitrogens with zero attached hydrogens (tertiary/aromatic N) is 2. The Balaban J connectivity index is 2.05. The molecule has 2 aromatic rings. The van der Waals surface area contributed by atoms with Crippen molar-refractivity contribution in [3.8, 4) is 5.69 Å². The van der Waals surface area contributed by atoms with Crippen LogP contribution in [0.3, 0.4) is 0 Å². The molecule has 4 heteroatoms. The van der Waals surface area contributed by atoms with E-state index in [1.165, 1.54) is 22.0 Å². The lowest BCUT2D eigenvalue weighted by Crippen LogP contribution is -2.26. The van der Waals surface area contributed by atoms with Gasteiger partial charge in [-0.1, -0.05) is 6.07 Å². The molecule has 1 aromatic heterocycles. The van der Waals surface area contributed by atoms with E-state index in [9.17, 15) is 4.79 Å². The maximum absolute atomic E-state index is 11.4. The molecule has 2 heterocycles. The summed E-state index contributed by atoms with van der Waals surface area (Å²) >= 11 is 0. The first kappa shape index (κ1) is 10.4. The summed E-state index contributed by atoms with van der Waals surface area (Å²) in [6.07, 6.45) is 4.10. The number of rotatable bonds is 1. The fourth-order valence-corrected chi connectivity index (χ4v) is 2.29. The van der Waals surface area contributed by atoms with Crippen LogP contribution < -0.4 is 5.76 Å². The standard InChI is InChI=1S/C13H14N2O2/c1-14-5-4-10-8-12(3-2-11(10)9-14)15-6-7-17-13(15)16/h2-3,6-8H,4-5,9H2,1H3. The van der Waals surface area contributed by atoms with Crippen molar-refractivity contribution >= 4 is 0 Å². The molecule has 0 saturated carbocycles. The number of fused-ring (bicyclic) bond motifs is 1. The highest BCUT2D eigenvalue weighted by Gasteiger charge is 2.14. The summed E-state index contributed by atoms with van der Waals surface area (Å²) in [7, 11) is 2.12. The topological polar surface area (TPSA) is 38.4 Å². The lowest BCUT2D eigenvalue weighted by molar-refractivity contribution is 0.313. The van der Waals surface area contributed by atoms with Crippen LogP contribution in [0.25, 0.3) is 5.69 Å². The van der Waals surface area contributed by atoms with E-state index in [1.807, 2.05) is 6.07 Å². The molecule has 1 aromatic carbocycles. The van der Waals surface area contributed by atoms with Crippen LogP contribution >= 0.6 is 0 Å². The summed E-state index contributed by atoms with van der Waals surface area (Å²) in [4.78, 5) is 13.7. The maximum atomic E-state index is 11.4. The normalized spacial score (nSPS) is 15.8. The Morgan fingerprint density at radius 1 is 1.29 bits per heavy atom. The largest absolute Gasteiger partial charge is 0.423 e. The molecule has 1 aliphatic rings. The number of aromatic nitrogens is 1. The molecule has 4 nitrogen and oxygen atoms in total. The van der Waals surface area contributed by atoms with Crippen LogP contribution in [0.2, 0.25) is 0 Å². The van der Waals surface area contributed by atoms with Crippen molar-refractivity contribution in [1.29, 1.82) is 0 Å². The third kappa shape index (κ3) is 1.80. The molecule has 0 spiro atoms. The Bertz CT molecular complexity index is 597. The number of hydrogen-bond acceptors (Lipinski definition) is 3. The van der Waals surface area contributed by atoms with E-state index < -0.39 is 0 Å². The van der Waals surface area contributed by atoms with E-state index in [2.05, 4.69) is 24.1 Å². The van der Waals surface area contributed by atoms with Crippen molar-refractivity contribution in [3.05, 3.63) is 52.3 Å². The molecule has 88 valence electrons. The minimum atomic E-state index is -0.335. The Labute approximate surface area is 99.1 Å². The molecular weight excluding hydrogens is 216 g/mol. The van der Waals surface area contributed by atoms with Gasteiger partial charge >= 0.3 is 5.76 Å². The van der Waals surface area contributed by atoms with Crippen LogP contribution in [0, 0.1) is 0 Å². The zero-order valence-corrected chi connectivity index (χ0v) is 9.72. The van der Waals surface area contributed by atoms with Crippen molar-refractivity contribution in [2.75, 3.05) is 13.6 Å². The van der Waals surface area contributed by atoms with E-state index in [4.69, 9.17) is 4.42 Å². The molecule has 17 heavy (non-hydrogen) atoms. The first-order chi connectivity index (χ1) is 8.24. The van der Waals surface area contributed by atoms with Gasteiger partial charge in [0.1, 0.15) is 6.26 Å². The van der Waals surface area contributed by atoms with Crippen LogP contribution in [0.4, 0.5) is 0 Å².